The van der Waals surface area contributed by atoms with Crippen molar-refractivity contribution in [2.45, 2.75) is 71.0 Å². The van der Waals surface area contributed by atoms with Gasteiger partial charge in [-0.25, -0.2) is 4.98 Å². The van der Waals surface area contributed by atoms with Crippen LogP contribution in [-0.2, 0) is 12.0 Å². The first kappa shape index (κ1) is 15.4. The van der Waals surface area contributed by atoms with Gasteiger partial charge in [0.25, 0.3) is 0 Å². The molecule has 21 heavy (non-hydrogen) atoms. The zero-order valence-electron chi connectivity index (χ0n) is 13.9. The highest BCUT2D eigenvalue weighted by Gasteiger charge is 2.38. The molecule has 4 heteroatoms. The maximum absolute atomic E-state index is 4.90. The minimum atomic E-state index is 0.167. The second-order valence-electron chi connectivity index (χ2n) is 7.72. The third kappa shape index (κ3) is 3.66. The predicted octanol–water partition coefficient (Wildman–Crippen LogP) is 3.40. The van der Waals surface area contributed by atoms with Crippen molar-refractivity contribution in [2.24, 2.45) is 5.92 Å². The van der Waals surface area contributed by atoms with Crippen molar-refractivity contribution in [1.82, 2.24) is 15.2 Å². The van der Waals surface area contributed by atoms with E-state index in [1.165, 1.54) is 43.1 Å². The van der Waals surface area contributed by atoms with Gasteiger partial charge in [-0.15, -0.1) is 11.3 Å². The fraction of sp³-hybridized carbons (Fsp3) is 0.824. The summed E-state index contributed by atoms with van der Waals surface area (Å²) in [5, 5.41) is 7.27. The molecule has 2 aliphatic rings. The van der Waals surface area contributed by atoms with E-state index in [2.05, 4.69) is 43.3 Å². The van der Waals surface area contributed by atoms with Crippen LogP contribution in [-0.4, -0.2) is 35.1 Å². The highest BCUT2D eigenvalue weighted by Crippen LogP contribution is 2.37. The fourth-order valence-electron chi connectivity index (χ4n) is 3.20. The van der Waals surface area contributed by atoms with Gasteiger partial charge in [0.05, 0.1) is 12.2 Å². The molecular formula is C17H29N3S. The summed E-state index contributed by atoms with van der Waals surface area (Å²) in [6.07, 6.45) is 4.06. The Hall–Kier alpha value is -0.450. The van der Waals surface area contributed by atoms with E-state index in [4.69, 9.17) is 4.98 Å². The van der Waals surface area contributed by atoms with Crippen LogP contribution >= 0.6 is 11.3 Å². The molecule has 0 aromatic carbocycles. The lowest BCUT2D eigenvalue weighted by Gasteiger charge is -2.40. The second-order valence-corrected chi connectivity index (χ2v) is 8.67. The van der Waals surface area contributed by atoms with Gasteiger partial charge in [-0.05, 0) is 25.2 Å². The minimum Gasteiger partial charge on any atom is -0.311 e. The lowest BCUT2D eigenvalue weighted by Crippen LogP contribution is -2.56. The van der Waals surface area contributed by atoms with Crippen LogP contribution in [0.4, 0.5) is 0 Å². The topological polar surface area (TPSA) is 28.2 Å². The maximum atomic E-state index is 4.90. The van der Waals surface area contributed by atoms with E-state index in [-0.39, 0.29) is 5.41 Å². The van der Waals surface area contributed by atoms with E-state index in [0.29, 0.717) is 6.04 Å². The number of thiazole rings is 1. The van der Waals surface area contributed by atoms with Crippen LogP contribution < -0.4 is 5.32 Å². The molecule has 1 aromatic heterocycles. The van der Waals surface area contributed by atoms with E-state index in [0.717, 1.165) is 18.5 Å². The largest absolute Gasteiger partial charge is 0.311 e. The van der Waals surface area contributed by atoms with Crippen molar-refractivity contribution in [3.63, 3.8) is 0 Å². The Kier molecular flexibility index (Phi) is 4.40. The molecule has 2 fully saturated rings. The van der Waals surface area contributed by atoms with Crippen molar-refractivity contribution >= 4 is 11.3 Å². The van der Waals surface area contributed by atoms with E-state index >= 15 is 0 Å². The van der Waals surface area contributed by atoms with Crippen LogP contribution in [0.25, 0.3) is 0 Å². The third-order valence-electron chi connectivity index (χ3n) is 4.86. The van der Waals surface area contributed by atoms with Gasteiger partial charge >= 0.3 is 0 Å². The Labute approximate surface area is 133 Å². The first-order valence-corrected chi connectivity index (χ1v) is 9.27. The van der Waals surface area contributed by atoms with E-state index in [9.17, 15) is 0 Å². The SMILES string of the molecule is CCC1CN(Cc2nc(C(C)(C)C)cs2)C(C2CC2)CN1. The zero-order chi connectivity index (χ0) is 15.0. The van der Waals surface area contributed by atoms with Gasteiger partial charge in [0.15, 0.2) is 0 Å². The molecule has 2 heterocycles. The fourth-order valence-corrected chi connectivity index (χ4v) is 4.25. The number of rotatable bonds is 4. The molecule has 1 saturated heterocycles. The molecule has 1 saturated carbocycles. The predicted molar refractivity (Wildman–Crippen MR) is 89.8 cm³/mol. The molecule has 1 aliphatic heterocycles. The summed E-state index contributed by atoms with van der Waals surface area (Å²) in [6.45, 7) is 12.4. The quantitative estimate of drug-likeness (QED) is 0.924. The number of hydrogen-bond donors (Lipinski definition) is 1. The first-order chi connectivity index (χ1) is 9.97. The molecule has 0 spiro atoms. The molecule has 3 nitrogen and oxygen atoms in total. The molecule has 2 atom stereocenters. The van der Waals surface area contributed by atoms with Crippen molar-refractivity contribution in [3.8, 4) is 0 Å². The molecule has 1 aromatic rings. The normalized spacial score (nSPS) is 28.0. The number of hydrogen-bond acceptors (Lipinski definition) is 4. The highest BCUT2D eigenvalue weighted by molar-refractivity contribution is 7.09. The van der Waals surface area contributed by atoms with Gasteiger partial charge < -0.3 is 5.32 Å². The summed E-state index contributed by atoms with van der Waals surface area (Å²) in [5.74, 6) is 0.928. The van der Waals surface area contributed by atoms with Crippen molar-refractivity contribution < 1.29 is 0 Å². The smallest absolute Gasteiger partial charge is 0.107 e. The van der Waals surface area contributed by atoms with Crippen LogP contribution in [0.3, 0.4) is 0 Å². The lowest BCUT2D eigenvalue weighted by atomic mass is 9.93. The van der Waals surface area contributed by atoms with Gasteiger partial charge in [0.2, 0.25) is 0 Å². The van der Waals surface area contributed by atoms with Gasteiger partial charge in [-0.3, -0.25) is 4.90 Å². The lowest BCUT2D eigenvalue weighted by molar-refractivity contribution is 0.106. The third-order valence-corrected chi connectivity index (χ3v) is 5.69. The maximum Gasteiger partial charge on any atom is 0.107 e. The average molecular weight is 308 g/mol. The van der Waals surface area contributed by atoms with Crippen LogP contribution in [0.1, 0.15) is 57.7 Å². The number of aromatic nitrogens is 1. The van der Waals surface area contributed by atoms with Crippen molar-refractivity contribution in [1.29, 1.82) is 0 Å². The molecule has 0 radical (unpaired) electrons. The summed E-state index contributed by atoms with van der Waals surface area (Å²) in [6, 6.07) is 1.39. The molecular weight excluding hydrogens is 278 g/mol. The standard InChI is InChI=1S/C17H29N3S/c1-5-13-9-20(14(8-18-13)12-6-7-12)10-16-19-15(11-21-16)17(2,3)4/h11-14,18H,5-10H2,1-4H3. The summed E-state index contributed by atoms with van der Waals surface area (Å²) in [7, 11) is 0. The molecule has 0 amide bonds. The average Bonchev–Trinajstić information content (AvgIpc) is 3.16. The number of piperazine rings is 1. The Balaban J connectivity index is 1.69. The van der Waals surface area contributed by atoms with Gasteiger partial charge in [0, 0.05) is 36.0 Å². The number of nitrogens with zero attached hydrogens (tertiary/aromatic N) is 2. The van der Waals surface area contributed by atoms with Gasteiger partial charge in [-0.1, -0.05) is 27.7 Å². The van der Waals surface area contributed by atoms with Crippen molar-refractivity contribution in [3.05, 3.63) is 16.1 Å². The minimum absolute atomic E-state index is 0.167. The van der Waals surface area contributed by atoms with Crippen LogP contribution in [0.15, 0.2) is 5.38 Å². The molecule has 2 unspecified atom stereocenters. The molecule has 0 bridgehead atoms. The molecule has 118 valence electrons. The van der Waals surface area contributed by atoms with Crippen molar-refractivity contribution in [2.75, 3.05) is 13.1 Å². The second kappa shape index (κ2) is 5.98. The van der Waals surface area contributed by atoms with Crippen LogP contribution in [0.2, 0.25) is 0 Å². The highest BCUT2D eigenvalue weighted by atomic mass is 32.1. The Morgan fingerprint density at radius 2 is 2.14 bits per heavy atom. The molecule has 1 N–H and O–H groups in total. The Morgan fingerprint density at radius 3 is 2.71 bits per heavy atom. The zero-order valence-corrected chi connectivity index (χ0v) is 14.7. The Morgan fingerprint density at radius 1 is 1.38 bits per heavy atom. The summed E-state index contributed by atoms with van der Waals surface area (Å²) in [5.41, 5.74) is 1.41. The first-order valence-electron chi connectivity index (χ1n) is 8.39. The van der Waals surface area contributed by atoms with E-state index in [1.807, 2.05) is 11.3 Å². The van der Waals surface area contributed by atoms with Gasteiger partial charge in [0.1, 0.15) is 5.01 Å². The monoisotopic (exact) mass is 307 g/mol. The Bertz CT molecular complexity index is 473. The van der Waals surface area contributed by atoms with E-state index < -0.39 is 0 Å². The number of nitrogens with one attached hydrogen (secondary N) is 1. The van der Waals surface area contributed by atoms with Gasteiger partial charge in [-0.2, -0.15) is 0 Å². The molecule has 1 aliphatic carbocycles. The summed E-state index contributed by atoms with van der Waals surface area (Å²) >= 11 is 1.84. The van der Waals surface area contributed by atoms with Crippen LogP contribution in [0, 0.1) is 5.92 Å². The van der Waals surface area contributed by atoms with Crippen LogP contribution in [0.5, 0.6) is 0 Å². The van der Waals surface area contributed by atoms with E-state index in [1.54, 1.807) is 0 Å². The summed E-state index contributed by atoms with van der Waals surface area (Å²) < 4.78 is 0. The summed E-state index contributed by atoms with van der Waals surface area (Å²) in [4.78, 5) is 7.60. The molecule has 3 rings (SSSR count).